The maximum absolute atomic E-state index is 12.9. The van der Waals surface area contributed by atoms with Crippen LogP contribution in [0.2, 0.25) is 0 Å². The summed E-state index contributed by atoms with van der Waals surface area (Å²) in [5, 5.41) is 5.94. The van der Waals surface area contributed by atoms with Crippen LogP contribution in [0, 0.1) is 0 Å². The van der Waals surface area contributed by atoms with E-state index in [4.69, 9.17) is 0 Å². The molecule has 2 aliphatic heterocycles. The van der Waals surface area contributed by atoms with Gasteiger partial charge in [0, 0.05) is 12.2 Å². The number of nitrogens with one attached hydrogen (secondary N) is 2. The maximum Gasteiger partial charge on any atom is 0.331 e. The molecule has 2 aliphatic rings. The van der Waals surface area contributed by atoms with Crippen LogP contribution in [-0.4, -0.2) is 31.8 Å². The van der Waals surface area contributed by atoms with Crippen LogP contribution in [0.3, 0.4) is 0 Å². The standard InChI is InChI=1S/C17H17N3O3S/c21-17-19-16(12-4-2-1-3-5-12)11-20(17)24(22,23)14-6-7-15-13(10-14)8-9-18-15/h1-7,10,16,18H,8-9,11H2,(H,19,21)/t16-/m1/s1. The molecular weight excluding hydrogens is 326 g/mol. The van der Waals surface area contributed by atoms with E-state index in [1.165, 1.54) is 0 Å². The molecule has 0 bridgehead atoms. The van der Waals surface area contributed by atoms with Crippen LogP contribution in [0.5, 0.6) is 0 Å². The Bertz CT molecular complexity index is 897. The molecule has 2 N–H and O–H groups in total. The second kappa shape index (κ2) is 5.52. The number of hydrogen-bond donors (Lipinski definition) is 2. The molecule has 0 unspecified atom stereocenters. The van der Waals surface area contributed by atoms with Crippen LogP contribution in [0.25, 0.3) is 0 Å². The van der Waals surface area contributed by atoms with E-state index >= 15 is 0 Å². The number of benzene rings is 2. The summed E-state index contributed by atoms with van der Waals surface area (Å²) in [5.41, 5.74) is 2.82. The number of sulfonamides is 1. The van der Waals surface area contributed by atoms with Crippen LogP contribution in [0.15, 0.2) is 53.4 Å². The third kappa shape index (κ3) is 2.41. The molecule has 24 heavy (non-hydrogen) atoms. The molecule has 1 atom stereocenters. The Balaban J connectivity index is 1.64. The Morgan fingerprint density at radius 3 is 2.67 bits per heavy atom. The zero-order chi connectivity index (χ0) is 16.7. The zero-order valence-corrected chi connectivity index (χ0v) is 13.7. The van der Waals surface area contributed by atoms with Crippen molar-refractivity contribution in [3.63, 3.8) is 0 Å². The molecule has 4 rings (SSSR count). The zero-order valence-electron chi connectivity index (χ0n) is 12.9. The minimum Gasteiger partial charge on any atom is -0.384 e. The number of carbonyl (C=O) groups is 1. The summed E-state index contributed by atoms with van der Waals surface area (Å²) >= 11 is 0. The Kier molecular flexibility index (Phi) is 3.45. The fourth-order valence-corrected chi connectivity index (χ4v) is 4.57. The highest BCUT2D eigenvalue weighted by Gasteiger charge is 2.38. The summed E-state index contributed by atoms with van der Waals surface area (Å²) in [6.07, 6.45) is 0.789. The van der Waals surface area contributed by atoms with Crippen molar-refractivity contribution in [3.05, 3.63) is 59.7 Å². The quantitative estimate of drug-likeness (QED) is 0.895. The third-order valence-electron chi connectivity index (χ3n) is 4.45. The molecular formula is C17H17N3O3S. The molecule has 2 aromatic rings. The van der Waals surface area contributed by atoms with E-state index < -0.39 is 16.1 Å². The second-order valence-corrected chi connectivity index (χ2v) is 7.81. The van der Waals surface area contributed by atoms with Gasteiger partial charge in [0.15, 0.2) is 0 Å². The summed E-state index contributed by atoms with van der Waals surface area (Å²) in [7, 11) is -3.86. The minimum absolute atomic E-state index is 0.0977. The molecule has 0 spiro atoms. The van der Waals surface area contributed by atoms with Crippen molar-refractivity contribution in [2.75, 3.05) is 18.4 Å². The van der Waals surface area contributed by atoms with E-state index in [1.807, 2.05) is 30.3 Å². The smallest absolute Gasteiger partial charge is 0.331 e. The molecule has 0 aromatic heterocycles. The summed E-state index contributed by atoms with van der Waals surface area (Å²) in [6.45, 7) is 0.902. The SMILES string of the molecule is O=C1N[C@@H](c2ccccc2)CN1S(=O)(=O)c1ccc2c(c1)CCN2. The highest BCUT2D eigenvalue weighted by molar-refractivity contribution is 7.89. The molecule has 2 amide bonds. The number of fused-ring (bicyclic) bond motifs is 1. The van der Waals surface area contributed by atoms with Crippen LogP contribution >= 0.6 is 0 Å². The van der Waals surface area contributed by atoms with E-state index in [2.05, 4.69) is 10.6 Å². The van der Waals surface area contributed by atoms with Crippen LogP contribution in [-0.2, 0) is 16.4 Å². The van der Waals surface area contributed by atoms with Crippen LogP contribution in [0.1, 0.15) is 17.2 Å². The molecule has 2 heterocycles. The van der Waals surface area contributed by atoms with Crippen molar-refractivity contribution in [2.24, 2.45) is 0 Å². The molecule has 0 radical (unpaired) electrons. The molecule has 1 fully saturated rings. The van der Waals surface area contributed by atoms with E-state index in [0.717, 1.165) is 34.1 Å². The van der Waals surface area contributed by atoms with Gasteiger partial charge in [0.25, 0.3) is 10.0 Å². The van der Waals surface area contributed by atoms with Crippen molar-refractivity contribution < 1.29 is 13.2 Å². The van der Waals surface area contributed by atoms with Gasteiger partial charge in [-0.1, -0.05) is 30.3 Å². The summed E-state index contributed by atoms with van der Waals surface area (Å²) in [5.74, 6) is 0. The lowest BCUT2D eigenvalue weighted by molar-refractivity contribution is 0.235. The van der Waals surface area contributed by atoms with Gasteiger partial charge < -0.3 is 10.6 Å². The molecule has 1 saturated heterocycles. The topological polar surface area (TPSA) is 78.5 Å². The van der Waals surface area contributed by atoms with Gasteiger partial charge in [-0.05, 0) is 35.7 Å². The summed E-state index contributed by atoms with van der Waals surface area (Å²) < 4.78 is 26.7. The van der Waals surface area contributed by atoms with Gasteiger partial charge in [-0.2, -0.15) is 0 Å². The van der Waals surface area contributed by atoms with Crippen molar-refractivity contribution in [2.45, 2.75) is 17.4 Å². The molecule has 0 aliphatic carbocycles. The van der Waals surface area contributed by atoms with E-state index in [1.54, 1.807) is 18.2 Å². The lowest BCUT2D eigenvalue weighted by atomic mass is 10.1. The highest BCUT2D eigenvalue weighted by atomic mass is 32.2. The number of rotatable bonds is 3. The summed E-state index contributed by atoms with van der Waals surface area (Å²) in [6, 6.07) is 13.4. The molecule has 2 aromatic carbocycles. The number of hydrogen-bond acceptors (Lipinski definition) is 4. The largest absolute Gasteiger partial charge is 0.384 e. The molecule has 7 heteroatoms. The Labute approximate surface area is 140 Å². The van der Waals surface area contributed by atoms with Crippen LogP contribution < -0.4 is 10.6 Å². The van der Waals surface area contributed by atoms with Crippen molar-refractivity contribution in [3.8, 4) is 0 Å². The monoisotopic (exact) mass is 343 g/mol. The average molecular weight is 343 g/mol. The van der Waals surface area contributed by atoms with Crippen molar-refractivity contribution >= 4 is 21.7 Å². The van der Waals surface area contributed by atoms with Gasteiger partial charge >= 0.3 is 6.03 Å². The summed E-state index contributed by atoms with van der Waals surface area (Å²) in [4.78, 5) is 12.4. The number of anilines is 1. The maximum atomic E-state index is 12.9. The lowest BCUT2D eigenvalue weighted by Gasteiger charge is -2.16. The number of nitrogens with zero attached hydrogens (tertiary/aromatic N) is 1. The fourth-order valence-electron chi connectivity index (χ4n) is 3.17. The number of amides is 2. The molecule has 6 nitrogen and oxygen atoms in total. The predicted octanol–water partition coefficient (Wildman–Crippen LogP) is 2.11. The third-order valence-corrected chi connectivity index (χ3v) is 6.19. The Morgan fingerprint density at radius 1 is 1.08 bits per heavy atom. The average Bonchev–Trinajstić information content (AvgIpc) is 3.21. The first kappa shape index (κ1) is 15.0. The molecule has 124 valence electrons. The van der Waals surface area contributed by atoms with Crippen molar-refractivity contribution in [1.29, 1.82) is 0 Å². The van der Waals surface area contributed by atoms with Crippen molar-refractivity contribution in [1.82, 2.24) is 9.62 Å². The Morgan fingerprint density at radius 2 is 1.88 bits per heavy atom. The van der Waals surface area contributed by atoms with Gasteiger partial charge in [-0.15, -0.1) is 0 Å². The van der Waals surface area contributed by atoms with Gasteiger partial charge in [-0.25, -0.2) is 17.5 Å². The highest BCUT2D eigenvalue weighted by Crippen LogP contribution is 2.29. The minimum atomic E-state index is -3.86. The number of carbonyl (C=O) groups excluding carboxylic acids is 1. The predicted molar refractivity (Wildman–Crippen MR) is 90.2 cm³/mol. The number of urea groups is 1. The Hall–Kier alpha value is -2.54. The van der Waals surface area contributed by atoms with Gasteiger partial charge in [-0.3, -0.25) is 0 Å². The van der Waals surface area contributed by atoms with Gasteiger partial charge in [0.1, 0.15) is 0 Å². The molecule has 0 saturated carbocycles. The second-order valence-electron chi connectivity index (χ2n) is 5.94. The first-order chi connectivity index (χ1) is 11.6. The van der Waals surface area contributed by atoms with E-state index in [-0.39, 0.29) is 17.5 Å². The first-order valence-corrected chi connectivity index (χ1v) is 9.25. The fraction of sp³-hybridized carbons (Fsp3) is 0.235. The van der Waals surface area contributed by atoms with Gasteiger partial charge in [0.2, 0.25) is 0 Å². The van der Waals surface area contributed by atoms with E-state index in [0.29, 0.717) is 0 Å². The lowest BCUT2D eigenvalue weighted by Crippen LogP contribution is -2.34. The first-order valence-electron chi connectivity index (χ1n) is 7.81. The van der Waals surface area contributed by atoms with E-state index in [9.17, 15) is 13.2 Å². The normalized spacial score (nSPS) is 19.8. The van der Waals surface area contributed by atoms with Gasteiger partial charge in [0.05, 0.1) is 17.5 Å². The van der Waals surface area contributed by atoms with Crippen LogP contribution in [0.4, 0.5) is 10.5 Å².